The Morgan fingerprint density at radius 3 is 2.76 bits per heavy atom. The minimum absolute atomic E-state index is 0.128. The zero-order valence-electron chi connectivity index (χ0n) is 10.6. The average Bonchev–Trinajstić information content (AvgIpc) is 2.64. The first-order valence-electron chi connectivity index (χ1n) is 5.51. The third-order valence-corrected chi connectivity index (χ3v) is 3.53. The van der Waals surface area contributed by atoms with Crippen molar-refractivity contribution in [3.05, 3.63) is 16.1 Å². The van der Waals surface area contributed by atoms with Crippen molar-refractivity contribution in [3.8, 4) is 0 Å². The van der Waals surface area contributed by atoms with Crippen molar-refractivity contribution in [2.45, 2.75) is 32.9 Å². The molecule has 4 nitrogen and oxygen atoms in total. The lowest BCUT2D eigenvalue weighted by molar-refractivity contribution is 0.179. The van der Waals surface area contributed by atoms with E-state index in [0.717, 1.165) is 10.7 Å². The molecule has 0 radical (unpaired) electrons. The van der Waals surface area contributed by atoms with Crippen LogP contribution in [0.15, 0.2) is 5.38 Å². The van der Waals surface area contributed by atoms with Crippen LogP contribution in [0.2, 0.25) is 0 Å². The molecular formula is C11H19N3OS2. The minimum atomic E-state index is 0.128. The maximum absolute atomic E-state index is 5.23. The Bertz CT molecular complexity index is 367. The van der Waals surface area contributed by atoms with Gasteiger partial charge in [0, 0.05) is 24.2 Å². The number of thiazole rings is 1. The van der Waals surface area contributed by atoms with E-state index in [9.17, 15) is 0 Å². The first-order chi connectivity index (χ1) is 8.02. The van der Waals surface area contributed by atoms with Crippen molar-refractivity contribution in [2.75, 3.05) is 13.7 Å². The zero-order valence-corrected chi connectivity index (χ0v) is 12.2. The highest BCUT2D eigenvalue weighted by atomic mass is 32.1. The van der Waals surface area contributed by atoms with E-state index in [0.29, 0.717) is 11.7 Å². The SMILES string of the molecule is COCC(C)NC(=S)NC(C)c1nc(C)cs1. The Balaban J connectivity index is 2.40. The van der Waals surface area contributed by atoms with Gasteiger partial charge in [0.2, 0.25) is 0 Å². The maximum Gasteiger partial charge on any atom is 0.167 e. The molecule has 6 heteroatoms. The number of rotatable bonds is 5. The second-order valence-corrected chi connectivity index (χ2v) is 5.32. The molecule has 0 aliphatic carbocycles. The average molecular weight is 273 g/mol. The molecule has 96 valence electrons. The Kier molecular flexibility index (Phi) is 5.80. The third-order valence-electron chi connectivity index (χ3n) is 2.15. The lowest BCUT2D eigenvalue weighted by Gasteiger charge is -2.18. The van der Waals surface area contributed by atoms with Crippen LogP contribution in [0.3, 0.4) is 0 Å². The molecule has 0 bridgehead atoms. The summed E-state index contributed by atoms with van der Waals surface area (Å²) >= 11 is 6.87. The van der Waals surface area contributed by atoms with E-state index in [-0.39, 0.29) is 12.1 Å². The molecule has 2 unspecified atom stereocenters. The van der Waals surface area contributed by atoms with Crippen molar-refractivity contribution in [1.29, 1.82) is 0 Å². The molecule has 0 aliphatic rings. The zero-order chi connectivity index (χ0) is 12.8. The van der Waals surface area contributed by atoms with Crippen LogP contribution in [0, 0.1) is 6.92 Å². The molecule has 17 heavy (non-hydrogen) atoms. The van der Waals surface area contributed by atoms with E-state index >= 15 is 0 Å². The minimum Gasteiger partial charge on any atom is -0.383 e. The quantitative estimate of drug-likeness (QED) is 0.804. The summed E-state index contributed by atoms with van der Waals surface area (Å²) in [6.45, 7) is 6.69. The van der Waals surface area contributed by atoms with Gasteiger partial charge in [-0.25, -0.2) is 4.98 Å². The molecule has 1 rings (SSSR count). The monoisotopic (exact) mass is 273 g/mol. The first-order valence-corrected chi connectivity index (χ1v) is 6.79. The van der Waals surface area contributed by atoms with Gasteiger partial charge in [0.1, 0.15) is 5.01 Å². The molecule has 0 aliphatic heterocycles. The molecule has 2 N–H and O–H groups in total. The fraction of sp³-hybridized carbons (Fsp3) is 0.636. The standard InChI is InChI=1S/C11H19N3OS2/c1-7(5-15-4)13-11(16)14-9(3)10-12-8(2)6-17-10/h6-7,9H,5H2,1-4H3,(H2,13,14,16). The Morgan fingerprint density at radius 1 is 1.53 bits per heavy atom. The molecule has 0 spiro atoms. The summed E-state index contributed by atoms with van der Waals surface area (Å²) in [5.74, 6) is 0. The van der Waals surface area contributed by atoms with Crippen LogP contribution in [0.25, 0.3) is 0 Å². The van der Waals surface area contributed by atoms with Crippen molar-refractivity contribution in [1.82, 2.24) is 15.6 Å². The maximum atomic E-state index is 5.23. The highest BCUT2D eigenvalue weighted by Gasteiger charge is 2.11. The predicted octanol–water partition coefficient (Wildman–Crippen LogP) is 2.01. The molecule has 1 heterocycles. The van der Waals surface area contributed by atoms with Crippen LogP contribution in [0.5, 0.6) is 0 Å². The normalized spacial score (nSPS) is 14.1. The number of thiocarbonyl (C=S) groups is 1. The Labute approximate surface area is 112 Å². The number of aromatic nitrogens is 1. The van der Waals surface area contributed by atoms with Gasteiger partial charge in [0.15, 0.2) is 5.11 Å². The second kappa shape index (κ2) is 6.88. The summed E-state index contributed by atoms with van der Waals surface area (Å²) in [4.78, 5) is 4.42. The van der Waals surface area contributed by atoms with Gasteiger partial charge in [-0.1, -0.05) is 0 Å². The number of methoxy groups -OCH3 is 1. The van der Waals surface area contributed by atoms with E-state index in [1.54, 1.807) is 18.4 Å². The second-order valence-electron chi connectivity index (χ2n) is 4.02. The summed E-state index contributed by atoms with van der Waals surface area (Å²) < 4.78 is 5.04. The number of nitrogens with zero attached hydrogens (tertiary/aromatic N) is 1. The first kappa shape index (κ1) is 14.3. The van der Waals surface area contributed by atoms with Crippen LogP contribution in [-0.4, -0.2) is 29.9 Å². The number of hydrogen-bond donors (Lipinski definition) is 2. The van der Waals surface area contributed by atoms with E-state index in [1.165, 1.54) is 0 Å². The highest BCUT2D eigenvalue weighted by Crippen LogP contribution is 2.17. The van der Waals surface area contributed by atoms with E-state index < -0.39 is 0 Å². The fourth-order valence-electron chi connectivity index (χ4n) is 1.39. The number of ether oxygens (including phenoxy) is 1. The van der Waals surface area contributed by atoms with Crippen LogP contribution in [0.1, 0.15) is 30.6 Å². The lowest BCUT2D eigenvalue weighted by Crippen LogP contribution is -2.43. The number of nitrogens with one attached hydrogen (secondary N) is 2. The third kappa shape index (κ3) is 4.97. The topological polar surface area (TPSA) is 46.2 Å². The number of hydrogen-bond acceptors (Lipinski definition) is 4. The van der Waals surface area contributed by atoms with Crippen molar-refractivity contribution in [2.24, 2.45) is 0 Å². The molecule has 0 saturated carbocycles. The van der Waals surface area contributed by atoms with Crippen molar-refractivity contribution < 1.29 is 4.74 Å². The lowest BCUT2D eigenvalue weighted by atomic mass is 10.3. The smallest absolute Gasteiger partial charge is 0.167 e. The molecule has 1 aromatic rings. The van der Waals surface area contributed by atoms with E-state index in [2.05, 4.69) is 15.6 Å². The summed E-state index contributed by atoms with van der Waals surface area (Å²) in [6, 6.07) is 0.327. The molecule has 0 saturated heterocycles. The Hall–Kier alpha value is -0.720. The van der Waals surface area contributed by atoms with Crippen LogP contribution in [-0.2, 0) is 4.74 Å². The summed E-state index contributed by atoms with van der Waals surface area (Å²) in [5.41, 5.74) is 1.05. The predicted molar refractivity (Wildman–Crippen MR) is 75.5 cm³/mol. The molecule has 0 fully saturated rings. The van der Waals surface area contributed by atoms with Crippen LogP contribution >= 0.6 is 23.6 Å². The van der Waals surface area contributed by atoms with Crippen molar-refractivity contribution >= 4 is 28.7 Å². The van der Waals surface area contributed by atoms with Gasteiger partial charge < -0.3 is 15.4 Å². The van der Waals surface area contributed by atoms with Crippen LogP contribution < -0.4 is 10.6 Å². The van der Waals surface area contributed by atoms with Gasteiger partial charge in [-0.3, -0.25) is 0 Å². The van der Waals surface area contributed by atoms with E-state index in [1.807, 2.05) is 26.2 Å². The summed E-state index contributed by atoms with van der Waals surface area (Å²) in [6.07, 6.45) is 0. The molecule has 0 aromatic carbocycles. The van der Waals surface area contributed by atoms with Gasteiger partial charge in [-0.2, -0.15) is 0 Å². The molecular weight excluding hydrogens is 254 g/mol. The Morgan fingerprint density at radius 2 is 2.24 bits per heavy atom. The van der Waals surface area contributed by atoms with E-state index in [4.69, 9.17) is 17.0 Å². The van der Waals surface area contributed by atoms with Gasteiger partial charge in [0.05, 0.1) is 12.6 Å². The summed E-state index contributed by atoms with van der Waals surface area (Å²) in [7, 11) is 1.68. The van der Waals surface area contributed by atoms with Gasteiger partial charge in [-0.05, 0) is 33.0 Å². The fourth-order valence-corrected chi connectivity index (χ4v) is 2.57. The van der Waals surface area contributed by atoms with Crippen molar-refractivity contribution in [3.63, 3.8) is 0 Å². The van der Waals surface area contributed by atoms with Gasteiger partial charge >= 0.3 is 0 Å². The molecule has 2 atom stereocenters. The van der Waals surface area contributed by atoms with Gasteiger partial charge in [-0.15, -0.1) is 11.3 Å². The largest absolute Gasteiger partial charge is 0.383 e. The number of aryl methyl sites for hydroxylation is 1. The molecule has 1 aromatic heterocycles. The summed E-state index contributed by atoms with van der Waals surface area (Å²) in [5, 5.41) is 10.1. The molecule has 0 amide bonds. The van der Waals surface area contributed by atoms with Gasteiger partial charge in [0.25, 0.3) is 0 Å². The highest BCUT2D eigenvalue weighted by molar-refractivity contribution is 7.80. The van der Waals surface area contributed by atoms with Crippen LogP contribution in [0.4, 0.5) is 0 Å².